The van der Waals surface area contributed by atoms with Crippen molar-refractivity contribution in [2.45, 2.75) is 32.0 Å². The third-order valence-electron chi connectivity index (χ3n) is 1.49. The summed E-state index contributed by atoms with van der Waals surface area (Å²) < 4.78 is 0. The summed E-state index contributed by atoms with van der Waals surface area (Å²) in [4.78, 5) is 0. The largest absolute Gasteiger partial charge is 0.405 e. The lowest BCUT2D eigenvalue weighted by Crippen LogP contribution is -2.36. The number of aliphatic hydroxyl groups is 2. The SMILES string of the molecule is CCC(O)C(C)(O)/C=C\N. The van der Waals surface area contributed by atoms with Crippen molar-refractivity contribution in [1.82, 2.24) is 0 Å². The van der Waals surface area contributed by atoms with Gasteiger partial charge in [-0.15, -0.1) is 0 Å². The monoisotopic (exact) mass is 145 g/mol. The van der Waals surface area contributed by atoms with Crippen LogP contribution in [0.15, 0.2) is 12.3 Å². The van der Waals surface area contributed by atoms with Crippen molar-refractivity contribution in [3.05, 3.63) is 12.3 Å². The summed E-state index contributed by atoms with van der Waals surface area (Å²) in [5.41, 5.74) is 3.86. The molecule has 2 atom stereocenters. The van der Waals surface area contributed by atoms with Gasteiger partial charge >= 0.3 is 0 Å². The van der Waals surface area contributed by atoms with E-state index in [2.05, 4.69) is 0 Å². The summed E-state index contributed by atoms with van der Waals surface area (Å²) in [6, 6.07) is 0. The molecule has 0 spiro atoms. The van der Waals surface area contributed by atoms with Crippen LogP contribution in [0.2, 0.25) is 0 Å². The molecule has 0 aliphatic carbocycles. The minimum Gasteiger partial charge on any atom is -0.405 e. The van der Waals surface area contributed by atoms with Gasteiger partial charge < -0.3 is 15.9 Å². The Morgan fingerprint density at radius 2 is 2.20 bits per heavy atom. The summed E-state index contributed by atoms with van der Waals surface area (Å²) in [5.74, 6) is 0. The van der Waals surface area contributed by atoms with Gasteiger partial charge in [0, 0.05) is 0 Å². The lowest BCUT2D eigenvalue weighted by molar-refractivity contribution is -0.0275. The zero-order chi connectivity index (χ0) is 8.20. The lowest BCUT2D eigenvalue weighted by Gasteiger charge is -2.24. The molecular weight excluding hydrogens is 130 g/mol. The van der Waals surface area contributed by atoms with Gasteiger partial charge in [-0.1, -0.05) is 6.92 Å². The van der Waals surface area contributed by atoms with Crippen LogP contribution in [0, 0.1) is 0 Å². The fraction of sp³-hybridized carbons (Fsp3) is 0.714. The number of hydrogen-bond acceptors (Lipinski definition) is 3. The first-order valence-electron chi connectivity index (χ1n) is 3.34. The van der Waals surface area contributed by atoms with Crippen LogP contribution in [-0.4, -0.2) is 21.9 Å². The molecule has 0 heterocycles. The highest BCUT2D eigenvalue weighted by Crippen LogP contribution is 2.13. The third-order valence-corrected chi connectivity index (χ3v) is 1.49. The summed E-state index contributed by atoms with van der Waals surface area (Å²) in [5, 5.41) is 18.5. The maximum atomic E-state index is 9.37. The van der Waals surface area contributed by atoms with E-state index in [1.807, 2.05) is 0 Å². The normalized spacial score (nSPS) is 20.8. The molecule has 0 aromatic heterocycles. The van der Waals surface area contributed by atoms with E-state index in [0.29, 0.717) is 6.42 Å². The number of aliphatic hydroxyl groups excluding tert-OH is 1. The number of rotatable bonds is 3. The highest BCUT2D eigenvalue weighted by Gasteiger charge is 2.24. The first-order valence-corrected chi connectivity index (χ1v) is 3.34. The Morgan fingerprint density at radius 1 is 1.70 bits per heavy atom. The third kappa shape index (κ3) is 2.37. The molecule has 4 N–H and O–H groups in total. The van der Waals surface area contributed by atoms with Gasteiger partial charge in [-0.2, -0.15) is 0 Å². The Morgan fingerprint density at radius 3 is 2.50 bits per heavy atom. The maximum Gasteiger partial charge on any atom is 0.107 e. The molecule has 0 bridgehead atoms. The van der Waals surface area contributed by atoms with Crippen molar-refractivity contribution in [3.63, 3.8) is 0 Å². The second-order valence-corrected chi connectivity index (χ2v) is 2.51. The van der Waals surface area contributed by atoms with Crippen LogP contribution in [0.3, 0.4) is 0 Å². The highest BCUT2D eigenvalue weighted by atomic mass is 16.3. The van der Waals surface area contributed by atoms with Crippen LogP contribution in [0.4, 0.5) is 0 Å². The molecule has 0 saturated carbocycles. The van der Waals surface area contributed by atoms with E-state index in [0.717, 1.165) is 0 Å². The highest BCUT2D eigenvalue weighted by molar-refractivity contribution is 5.00. The van der Waals surface area contributed by atoms with Gasteiger partial charge in [0.25, 0.3) is 0 Å². The van der Waals surface area contributed by atoms with Crippen molar-refractivity contribution < 1.29 is 10.2 Å². The molecular formula is C7H15NO2. The van der Waals surface area contributed by atoms with E-state index in [4.69, 9.17) is 10.8 Å². The smallest absolute Gasteiger partial charge is 0.107 e. The topological polar surface area (TPSA) is 66.5 Å². The van der Waals surface area contributed by atoms with Crippen LogP contribution in [0.25, 0.3) is 0 Å². The first-order chi connectivity index (χ1) is 4.54. The van der Waals surface area contributed by atoms with Crippen molar-refractivity contribution in [1.29, 1.82) is 0 Å². The predicted octanol–water partition coefficient (Wildman–Crippen LogP) is -0.0193. The second kappa shape index (κ2) is 3.58. The molecule has 0 aliphatic rings. The minimum atomic E-state index is -1.19. The van der Waals surface area contributed by atoms with E-state index < -0.39 is 11.7 Å². The van der Waals surface area contributed by atoms with E-state index in [1.54, 1.807) is 6.92 Å². The molecule has 0 aliphatic heterocycles. The number of hydrogen-bond donors (Lipinski definition) is 3. The Labute approximate surface area is 61.2 Å². The molecule has 2 unspecified atom stereocenters. The van der Waals surface area contributed by atoms with E-state index >= 15 is 0 Å². The van der Waals surface area contributed by atoms with Gasteiger partial charge in [-0.25, -0.2) is 0 Å². The summed E-state index contributed by atoms with van der Waals surface area (Å²) in [6.07, 6.45) is 2.38. The van der Waals surface area contributed by atoms with Gasteiger partial charge in [0.05, 0.1) is 6.10 Å². The molecule has 0 rings (SSSR count). The Hall–Kier alpha value is -0.540. The van der Waals surface area contributed by atoms with Gasteiger partial charge in [0.15, 0.2) is 0 Å². The minimum absolute atomic E-state index is 0.511. The van der Waals surface area contributed by atoms with E-state index in [9.17, 15) is 5.11 Å². The Balaban J connectivity index is 4.09. The first kappa shape index (κ1) is 9.46. The molecule has 10 heavy (non-hydrogen) atoms. The zero-order valence-electron chi connectivity index (χ0n) is 6.41. The summed E-state index contributed by atoms with van der Waals surface area (Å²) in [6.45, 7) is 3.31. The van der Waals surface area contributed by atoms with Crippen molar-refractivity contribution in [2.24, 2.45) is 5.73 Å². The fourth-order valence-electron chi connectivity index (χ4n) is 0.719. The van der Waals surface area contributed by atoms with Crippen LogP contribution in [-0.2, 0) is 0 Å². The van der Waals surface area contributed by atoms with Crippen LogP contribution in [0.5, 0.6) is 0 Å². The van der Waals surface area contributed by atoms with Crippen LogP contribution >= 0.6 is 0 Å². The summed E-state index contributed by atoms with van der Waals surface area (Å²) in [7, 11) is 0. The van der Waals surface area contributed by atoms with Crippen molar-refractivity contribution in [2.75, 3.05) is 0 Å². The lowest BCUT2D eigenvalue weighted by atomic mass is 9.97. The predicted molar refractivity (Wildman–Crippen MR) is 40.2 cm³/mol. The van der Waals surface area contributed by atoms with Gasteiger partial charge in [-0.05, 0) is 25.6 Å². The molecule has 0 saturated heterocycles. The zero-order valence-corrected chi connectivity index (χ0v) is 6.41. The molecule has 0 fully saturated rings. The number of nitrogens with two attached hydrogens (primary N) is 1. The molecule has 3 nitrogen and oxygen atoms in total. The van der Waals surface area contributed by atoms with Gasteiger partial charge in [0.2, 0.25) is 0 Å². The molecule has 0 amide bonds. The Kier molecular flexibility index (Phi) is 3.39. The molecule has 60 valence electrons. The quantitative estimate of drug-likeness (QED) is 0.523. The maximum absolute atomic E-state index is 9.37. The average Bonchev–Trinajstić information content (AvgIpc) is 1.86. The standard InChI is InChI=1S/C7H15NO2/c1-3-6(9)7(2,10)4-5-8/h4-6,9-10H,3,8H2,1-2H3/b5-4-. The summed E-state index contributed by atoms with van der Waals surface area (Å²) >= 11 is 0. The van der Waals surface area contributed by atoms with Gasteiger partial charge in [-0.3, -0.25) is 0 Å². The average molecular weight is 145 g/mol. The van der Waals surface area contributed by atoms with Gasteiger partial charge in [0.1, 0.15) is 5.60 Å². The van der Waals surface area contributed by atoms with Crippen LogP contribution < -0.4 is 5.73 Å². The van der Waals surface area contributed by atoms with Crippen LogP contribution in [0.1, 0.15) is 20.3 Å². The van der Waals surface area contributed by atoms with E-state index in [1.165, 1.54) is 19.2 Å². The van der Waals surface area contributed by atoms with E-state index in [-0.39, 0.29) is 0 Å². The molecule has 0 aromatic carbocycles. The molecule has 0 aromatic rings. The second-order valence-electron chi connectivity index (χ2n) is 2.51. The molecule has 3 heteroatoms. The molecule has 0 radical (unpaired) electrons. The Bertz CT molecular complexity index is 121. The van der Waals surface area contributed by atoms with Crippen molar-refractivity contribution >= 4 is 0 Å². The fourth-order valence-corrected chi connectivity index (χ4v) is 0.719. The van der Waals surface area contributed by atoms with Crippen molar-refractivity contribution in [3.8, 4) is 0 Å².